The van der Waals surface area contributed by atoms with E-state index >= 15 is 0 Å². The zero-order chi connectivity index (χ0) is 20.6. The largest absolute Gasteiger partial charge is 0.378 e. The minimum Gasteiger partial charge on any atom is -0.378 e. The number of halogens is 3. The van der Waals surface area contributed by atoms with Gasteiger partial charge in [0.25, 0.3) is 0 Å². The molecule has 0 aliphatic carbocycles. The van der Waals surface area contributed by atoms with E-state index in [1.807, 2.05) is 4.90 Å². The summed E-state index contributed by atoms with van der Waals surface area (Å²) in [4.78, 5) is 22.8. The van der Waals surface area contributed by atoms with E-state index in [1.165, 1.54) is 6.07 Å². The zero-order valence-electron chi connectivity index (χ0n) is 17.3. The molecule has 3 rings (SSSR count). The molecule has 168 valence electrons. The maximum absolute atomic E-state index is 13.7. The van der Waals surface area contributed by atoms with Crippen molar-refractivity contribution in [3.8, 4) is 0 Å². The molecule has 2 saturated heterocycles. The van der Waals surface area contributed by atoms with Gasteiger partial charge in [0.1, 0.15) is 11.6 Å². The molecule has 10 heteroatoms. The number of aliphatic imine (C=N–C) groups is 1. The number of nitrogens with one attached hydrogen (secondary N) is 1. The molecular formula is C20H30F2IN5O2. The summed E-state index contributed by atoms with van der Waals surface area (Å²) in [6.45, 7) is 6.51. The monoisotopic (exact) mass is 537 g/mol. The molecule has 0 bridgehead atoms. The molecule has 1 N–H and O–H groups in total. The first-order valence-electron chi connectivity index (χ1n) is 10.0. The van der Waals surface area contributed by atoms with Crippen molar-refractivity contribution in [2.45, 2.75) is 6.42 Å². The van der Waals surface area contributed by atoms with Crippen LogP contribution >= 0.6 is 24.0 Å². The molecule has 0 saturated carbocycles. The van der Waals surface area contributed by atoms with Crippen molar-refractivity contribution >= 4 is 35.8 Å². The Bertz CT molecular complexity index is 723. The molecule has 2 fully saturated rings. The summed E-state index contributed by atoms with van der Waals surface area (Å²) in [6.07, 6.45) is 0.372. The fraction of sp³-hybridized carbons (Fsp3) is 0.600. The van der Waals surface area contributed by atoms with Gasteiger partial charge < -0.3 is 19.9 Å². The molecule has 2 aliphatic rings. The lowest BCUT2D eigenvalue weighted by atomic mass is 10.1. The fourth-order valence-corrected chi connectivity index (χ4v) is 3.60. The molecule has 0 radical (unpaired) electrons. The van der Waals surface area contributed by atoms with Crippen LogP contribution in [-0.4, -0.2) is 99.2 Å². The van der Waals surface area contributed by atoms with Gasteiger partial charge in [0, 0.05) is 52.9 Å². The molecular weight excluding hydrogens is 507 g/mol. The second-order valence-corrected chi connectivity index (χ2v) is 7.22. The summed E-state index contributed by atoms with van der Waals surface area (Å²) in [7, 11) is 1.71. The molecule has 2 heterocycles. The third-order valence-corrected chi connectivity index (χ3v) is 5.29. The molecule has 2 aliphatic heterocycles. The highest BCUT2D eigenvalue weighted by Gasteiger charge is 2.24. The molecule has 0 atom stereocenters. The van der Waals surface area contributed by atoms with Crippen LogP contribution in [0.25, 0.3) is 0 Å². The Kier molecular flexibility index (Phi) is 10.2. The van der Waals surface area contributed by atoms with E-state index in [0.717, 1.165) is 44.3 Å². The average Bonchev–Trinajstić information content (AvgIpc) is 2.75. The van der Waals surface area contributed by atoms with Crippen LogP contribution in [0.4, 0.5) is 8.78 Å². The number of hydrogen-bond donors (Lipinski definition) is 1. The van der Waals surface area contributed by atoms with Gasteiger partial charge in [-0.05, 0) is 30.2 Å². The molecule has 0 unspecified atom stereocenters. The van der Waals surface area contributed by atoms with E-state index in [0.29, 0.717) is 51.4 Å². The van der Waals surface area contributed by atoms with Gasteiger partial charge >= 0.3 is 0 Å². The van der Waals surface area contributed by atoms with Gasteiger partial charge in [0.2, 0.25) is 5.91 Å². The Balaban J connectivity index is 0.00000320. The number of benzene rings is 1. The van der Waals surface area contributed by atoms with Crippen LogP contribution in [-0.2, 0) is 16.0 Å². The van der Waals surface area contributed by atoms with Gasteiger partial charge in [-0.3, -0.25) is 14.7 Å². The lowest BCUT2D eigenvalue weighted by Gasteiger charge is -2.37. The number of hydrogen-bond acceptors (Lipinski definition) is 4. The molecule has 30 heavy (non-hydrogen) atoms. The zero-order valence-corrected chi connectivity index (χ0v) is 19.6. The van der Waals surface area contributed by atoms with E-state index in [2.05, 4.69) is 20.1 Å². The number of nitrogens with zero attached hydrogens (tertiary/aromatic N) is 4. The number of piperazine rings is 1. The first-order chi connectivity index (χ1) is 14.1. The number of amides is 1. The fourth-order valence-electron chi connectivity index (χ4n) is 3.60. The summed E-state index contributed by atoms with van der Waals surface area (Å²) in [5.74, 6) is 0.0533. The number of carbonyl (C=O) groups excluding carboxylic acids is 1. The Morgan fingerprint density at radius 1 is 1.10 bits per heavy atom. The van der Waals surface area contributed by atoms with Crippen LogP contribution in [0.1, 0.15) is 5.56 Å². The maximum Gasteiger partial charge on any atom is 0.236 e. The second kappa shape index (κ2) is 12.4. The highest BCUT2D eigenvalue weighted by atomic mass is 127. The SMILES string of the molecule is CN=C(NCCc1cc(F)ccc1F)N1CCN(CC(=O)N2CCOCC2)CC1.I. The predicted octanol–water partition coefficient (Wildman–Crippen LogP) is 1.18. The van der Waals surface area contributed by atoms with Crippen LogP contribution in [0, 0.1) is 11.6 Å². The third kappa shape index (κ3) is 7.02. The van der Waals surface area contributed by atoms with E-state index in [1.54, 1.807) is 7.05 Å². The highest BCUT2D eigenvalue weighted by Crippen LogP contribution is 2.10. The van der Waals surface area contributed by atoms with Crippen molar-refractivity contribution in [3.63, 3.8) is 0 Å². The van der Waals surface area contributed by atoms with Crippen molar-refractivity contribution in [2.24, 2.45) is 4.99 Å². The van der Waals surface area contributed by atoms with E-state index < -0.39 is 11.6 Å². The van der Waals surface area contributed by atoms with E-state index in [-0.39, 0.29) is 29.9 Å². The number of guanidine groups is 1. The van der Waals surface area contributed by atoms with Crippen molar-refractivity contribution < 1.29 is 18.3 Å². The van der Waals surface area contributed by atoms with Crippen LogP contribution < -0.4 is 5.32 Å². The third-order valence-electron chi connectivity index (χ3n) is 5.29. The number of ether oxygens (including phenoxy) is 1. The lowest BCUT2D eigenvalue weighted by Crippen LogP contribution is -2.55. The molecule has 1 amide bonds. The van der Waals surface area contributed by atoms with Gasteiger partial charge in [-0.25, -0.2) is 8.78 Å². The van der Waals surface area contributed by atoms with Gasteiger partial charge in [0.05, 0.1) is 19.8 Å². The Hall–Kier alpha value is -1.53. The smallest absolute Gasteiger partial charge is 0.236 e. The van der Waals surface area contributed by atoms with Crippen LogP contribution in [0.2, 0.25) is 0 Å². The van der Waals surface area contributed by atoms with Gasteiger partial charge in [0.15, 0.2) is 5.96 Å². The minimum atomic E-state index is -0.437. The first-order valence-corrected chi connectivity index (χ1v) is 10.0. The van der Waals surface area contributed by atoms with Gasteiger partial charge in [-0.15, -0.1) is 24.0 Å². The van der Waals surface area contributed by atoms with Gasteiger partial charge in [-0.1, -0.05) is 0 Å². The maximum atomic E-state index is 13.7. The Morgan fingerprint density at radius 3 is 2.47 bits per heavy atom. The number of morpholine rings is 1. The van der Waals surface area contributed by atoms with Crippen LogP contribution in [0.5, 0.6) is 0 Å². The van der Waals surface area contributed by atoms with Crippen molar-refractivity contribution in [2.75, 3.05) is 72.6 Å². The quantitative estimate of drug-likeness (QED) is 0.348. The summed E-state index contributed by atoms with van der Waals surface area (Å²) < 4.78 is 32.3. The van der Waals surface area contributed by atoms with Crippen molar-refractivity contribution in [3.05, 3.63) is 35.4 Å². The Labute approximate surface area is 193 Å². The normalized spacial score (nSPS) is 18.2. The molecule has 1 aromatic carbocycles. The average molecular weight is 537 g/mol. The molecule has 0 spiro atoms. The first kappa shape index (κ1) is 24.7. The van der Waals surface area contributed by atoms with Crippen LogP contribution in [0.15, 0.2) is 23.2 Å². The van der Waals surface area contributed by atoms with E-state index in [4.69, 9.17) is 4.74 Å². The predicted molar refractivity (Wildman–Crippen MR) is 122 cm³/mol. The van der Waals surface area contributed by atoms with Crippen LogP contribution in [0.3, 0.4) is 0 Å². The van der Waals surface area contributed by atoms with E-state index in [9.17, 15) is 13.6 Å². The lowest BCUT2D eigenvalue weighted by molar-refractivity contribution is -0.136. The number of carbonyl (C=O) groups is 1. The standard InChI is InChI=1S/C20H29F2N5O2.HI/c1-23-20(24-5-4-16-14-17(21)2-3-18(16)22)27-8-6-25(7-9-27)15-19(28)26-10-12-29-13-11-26;/h2-3,14H,4-13,15H2,1H3,(H,23,24);1H. The second-order valence-electron chi connectivity index (χ2n) is 7.22. The Morgan fingerprint density at radius 2 is 1.80 bits per heavy atom. The molecule has 1 aromatic rings. The van der Waals surface area contributed by atoms with Crippen molar-refractivity contribution in [1.29, 1.82) is 0 Å². The van der Waals surface area contributed by atoms with Gasteiger partial charge in [-0.2, -0.15) is 0 Å². The minimum absolute atomic E-state index is 0. The van der Waals surface area contributed by atoms with Crippen molar-refractivity contribution in [1.82, 2.24) is 20.0 Å². The summed E-state index contributed by atoms with van der Waals surface area (Å²) in [5, 5.41) is 3.22. The molecule has 7 nitrogen and oxygen atoms in total. The number of rotatable bonds is 5. The summed E-state index contributed by atoms with van der Waals surface area (Å²) in [6, 6.07) is 3.50. The summed E-state index contributed by atoms with van der Waals surface area (Å²) >= 11 is 0. The highest BCUT2D eigenvalue weighted by molar-refractivity contribution is 14.0. The topological polar surface area (TPSA) is 60.4 Å². The molecule has 0 aromatic heterocycles. The summed E-state index contributed by atoms with van der Waals surface area (Å²) in [5.41, 5.74) is 0.347.